The molecule has 2 aliphatic heterocycles. The molecule has 0 saturated carbocycles. The van der Waals surface area contributed by atoms with E-state index in [1.807, 2.05) is 11.0 Å². The van der Waals surface area contributed by atoms with E-state index in [9.17, 15) is 4.79 Å². The summed E-state index contributed by atoms with van der Waals surface area (Å²) in [4.78, 5) is 25.4. The molecule has 4 heterocycles. The van der Waals surface area contributed by atoms with E-state index < -0.39 is 0 Å². The second-order valence-electron chi connectivity index (χ2n) is 7.67. The van der Waals surface area contributed by atoms with Crippen LogP contribution in [0.4, 0.5) is 0 Å². The van der Waals surface area contributed by atoms with Crippen LogP contribution in [0, 0.1) is 0 Å². The molecule has 0 aromatic carbocycles. The molecule has 170 valence electrons. The molecule has 2 aromatic rings. The number of rotatable bonds is 6. The molecule has 0 atom stereocenters. The lowest BCUT2D eigenvalue weighted by Gasteiger charge is -2.36. The molecule has 0 aliphatic carbocycles. The number of guanidine groups is 1. The van der Waals surface area contributed by atoms with Gasteiger partial charge in [-0.1, -0.05) is 5.16 Å². The second kappa shape index (κ2) is 11.8. The molecule has 10 heteroatoms. The number of aliphatic imine (C=N–C) groups is 1. The van der Waals surface area contributed by atoms with Crippen LogP contribution in [-0.2, 0) is 24.3 Å². The highest BCUT2D eigenvalue weighted by Gasteiger charge is 2.22. The van der Waals surface area contributed by atoms with Crippen LogP contribution in [0.3, 0.4) is 0 Å². The number of amides is 1. The predicted molar refractivity (Wildman–Crippen MR) is 133 cm³/mol. The third-order valence-electron chi connectivity index (χ3n) is 5.63. The molecule has 0 bridgehead atoms. The lowest BCUT2D eigenvalue weighted by Crippen LogP contribution is -2.52. The Balaban J connectivity index is 0.00000272. The number of carbonyl (C=O) groups is 1. The minimum Gasteiger partial charge on any atom is -0.364 e. The van der Waals surface area contributed by atoms with Crippen LogP contribution in [0.15, 0.2) is 33.3 Å². The molecular weight excluding hydrogens is 527 g/mol. The van der Waals surface area contributed by atoms with Crippen LogP contribution in [0.5, 0.6) is 0 Å². The Bertz CT molecular complexity index is 848. The van der Waals surface area contributed by atoms with Gasteiger partial charge < -0.3 is 19.6 Å². The van der Waals surface area contributed by atoms with Crippen LogP contribution in [-0.4, -0.2) is 77.5 Å². The molecule has 0 spiro atoms. The smallest absolute Gasteiger partial charge is 0.224 e. The lowest BCUT2D eigenvalue weighted by atomic mass is 10.1. The van der Waals surface area contributed by atoms with Crippen LogP contribution in [0.1, 0.15) is 29.5 Å². The summed E-state index contributed by atoms with van der Waals surface area (Å²) in [6.45, 7) is 9.52. The first kappa shape index (κ1) is 24.0. The van der Waals surface area contributed by atoms with Crippen molar-refractivity contribution in [2.45, 2.75) is 32.9 Å². The van der Waals surface area contributed by atoms with Gasteiger partial charge in [0.1, 0.15) is 6.26 Å². The number of aromatic nitrogens is 1. The molecule has 0 radical (unpaired) electrons. The summed E-state index contributed by atoms with van der Waals surface area (Å²) in [5.41, 5.74) is 2.27. The van der Waals surface area contributed by atoms with Gasteiger partial charge >= 0.3 is 0 Å². The standard InChI is InChI=1S/C21H30N6O2S.HI/c1-2-22-21(26-11-9-25(10-12-26)16-18-5-13-29-24-18)23-7-3-20(28)27-8-4-19-17(15-27)6-14-30-19;/h5-6,13-14H,2-4,7-12,15-16H2,1H3,(H,22,23);1H. The molecule has 0 unspecified atom stereocenters. The first-order valence-corrected chi connectivity index (χ1v) is 11.6. The fraction of sp³-hybridized carbons (Fsp3) is 0.571. The van der Waals surface area contributed by atoms with E-state index in [1.54, 1.807) is 17.6 Å². The average Bonchev–Trinajstić information content (AvgIpc) is 3.45. The van der Waals surface area contributed by atoms with E-state index in [2.05, 4.69) is 38.6 Å². The topological polar surface area (TPSA) is 77.2 Å². The number of halogens is 1. The largest absolute Gasteiger partial charge is 0.364 e. The molecule has 8 nitrogen and oxygen atoms in total. The molecule has 2 aliphatic rings. The Kier molecular flexibility index (Phi) is 9.15. The number of fused-ring (bicyclic) bond motifs is 1. The molecule has 31 heavy (non-hydrogen) atoms. The molecular formula is C21H31IN6O2S. The maximum Gasteiger partial charge on any atom is 0.224 e. The van der Waals surface area contributed by atoms with E-state index in [0.717, 1.165) is 70.4 Å². The quantitative estimate of drug-likeness (QED) is 0.334. The van der Waals surface area contributed by atoms with Crippen molar-refractivity contribution in [1.29, 1.82) is 0 Å². The zero-order chi connectivity index (χ0) is 20.8. The van der Waals surface area contributed by atoms with Crippen molar-refractivity contribution >= 4 is 47.2 Å². The number of thiophene rings is 1. The Labute approximate surface area is 204 Å². The van der Waals surface area contributed by atoms with Crippen molar-refractivity contribution in [3.05, 3.63) is 39.9 Å². The van der Waals surface area contributed by atoms with Gasteiger partial charge in [0.05, 0.1) is 12.2 Å². The summed E-state index contributed by atoms with van der Waals surface area (Å²) in [5, 5.41) is 9.50. The number of carbonyl (C=O) groups excluding carboxylic acids is 1. The van der Waals surface area contributed by atoms with Crippen LogP contribution in [0.2, 0.25) is 0 Å². The summed E-state index contributed by atoms with van der Waals surface area (Å²) < 4.78 is 4.92. The highest BCUT2D eigenvalue weighted by atomic mass is 127. The van der Waals surface area contributed by atoms with Crippen LogP contribution >= 0.6 is 35.3 Å². The minimum atomic E-state index is 0. The summed E-state index contributed by atoms with van der Waals surface area (Å²) in [6, 6.07) is 4.06. The van der Waals surface area contributed by atoms with Gasteiger partial charge in [0.15, 0.2) is 5.96 Å². The number of hydrogen-bond acceptors (Lipinski definition) is 6. The monoisotopic (exact) mass is 558 g/mol. The number of piperazine rings is 1. The van der Waals surface area contributed by atoms with E-state index in [4.69, 9.17) is 9.52 Å². The first-order valence-electron chi connectivity index (χ1n) is 10.7. The van der Waals surface area contributed by atoms with Crippen molar-refractivity contribution in [2.24, 2.45) is 4.99 Å². The summed E-state index contributed by atoms with van der Waals surface area (Å²) in [7, 11) is 0. The van der Waals surface area contributed by atoms with E-state index >= 15 is 0 Å². The van der Waals surface area contributed by atoms with Gasteiger partial charge in [-0.25, -0.2) is 0 Å². The predicted octanol–water partition coefficient (Wildman–Crippen LogP) is 2.41. The highest BCUT2D eigenvalue weighted by Crippen LogP contribution is 2.24. The summed E-state index contributed by atoms with van der Waals surface area (Å²) >= 11 is 1.80. The Morgan fingerprint density at radius 1 is 1.23 bits per heavy atom. The minimum absolute atomic E-state index is 0. The van der Waals surface area contributed by atoms with Crippen LogP contribution < -0.4 is 5.32 Å². The summed E-state index contributed by atoms with van der Waals surface area (Å²) in [5.74, 6) is 1.11. The Morgan fingerprint density at radius 2 is 2.06 bits per heavy atom. The molecule has 1 amide bonds. The van der Waals surface area contributed by atoms with Gasteiger partial charge in [0.25, 0.3) is 0 Å². The van der Waals surface area contributed by atoms with Crippen molar-refractivity contribution in [3.63, 3.8) is 0 Å². The lowest BCUT2D eigenvalue weighted by molar-refractivity contribution is -0.131. The van der Waals surface area contributed by atoms with Gasteiger partial charge in [-0.3, -0.25) is 14.7 Å². The number of hydrogen-bond donors (Lipinski definition) is 1. The zero-order valence-electron chi connectivity index (χ0n) is 18.0. The maximum atomic E-state index is 12.6. The fourth-order valence-electron chi connectivity index (χ4n) is 3.97. The highest BCUT2D eigenvalue weighted by molar-refractivity contribution is 14.0. The molecule has 1 saturated heterocycles. The molecule has 4 rings (SSSR count). The second-order valence-corrected chi connectivity index (χ2v) is 8.67. The number of nitrogens with zero attached hydrogens (tertiary/aromatic N) is 5. The average molecular weight is 558 g/mol. The van der Waals surface area contributed by atoms with Crippen molar-refractivity contribution in [2.75, 3.05) is 45.8 Å². The fourth-order valence-corrected chi connectivity index (χ4v) is 4.86. The molecule has 1 N–H and O–H groups in total. The van der Waals surface area contributed by atoms with Crippen LogP contribution in [0.25, 0.3) is 0 Å². The normalized spacial score (nSPS) is 17.3. The third kappa shape index (κ3) is 6.42. The van der Waals surface area contributed by atoms with Crippen molar-refractivity contribution < 1.29 is 9.32 Å². The summed E-state index contributed by atoms with van der Waals surface area (Å²) in [6.07, 6.45) is 3.05. The van der Waals surface area contributed by atoms with E-state index in [1.165, 1.54) is 10.4 Å². The Hall–Kier alpha value is -1.66. The first-order chi connectivity index (χ1) is 14.7. The number of nitrogens with one attached hydrogen (secondary N) is 1. The zero-order valence-corrected chi connectivity index (χ0v) is 21.1. The van der Waals surface area contributed by atoms with E-state index in [0.29, 0.717) is 13.0 Å². The molecule has 1 fully saturated rings. The molecule has 2 aromatic heterocycles. The van der Waals surface area contributed by atoms with Gasteiger partial charge in [0, 0.05) is 69.7 Å². The Morgan fingerprint density at radius 3 is 2.81 bits per heavy atom. The van der Waals surface area contributed by atoms with Gasteiger partial charge in [-0.05, 0) is 30.4 Å². The van der Waals surface area contributed by atoms with Crippen molar-refractivity contribution in [1.82, 2.24) is 25.2 Å². The SMILES string of the molecule is CCNC(=NCCC(=O)N1CCc2sccc2C1)N1CCN(Cc2ccon2)CC1.I. The third-order valence-corrected chi connectivity index (χ3v) is 6.65. The van der Waals surface area contributed by atoms with E-state index in [-0.39, 0.29) is 29.9 Å². The van der Waals surface area contributed by atoms with Gasteiger partial charge in [-0.15, -0.1) is 35.3 Å². The van der Waals surface area contributed by atoms with Gasteiger partial charge in [-0.2, -0.15) is 0 Å². The van der Waals surface area contributed by atoms with Crippen molar-refractivity contribution in [3.8, 4) is 0 Å². The van der Waals surface area contributed by atoms with Gasteiger partial charge in [0.2, 0.25) is 5.91 Å². The maximum absolute atomic E-state index is 12.6.